The Morgan fingerprint density at radius 1 is 0.759 bits per heavy atom. The van der Waals surface area contributed by atoms with Crippen molar-refractivity contribution < 1.29 is 8.83 Å². The molecule has 6 aromatic heterocycles. The topological polar surface area (TPSA) is 26.3 Å². The second-order valence-electron chi connectivity index (χ2n) is 7.40. The Morgan fingerprint density at radius 3 is 1.97 bits per heavy atom. The van der Waals surface area contributed by atoms with E-state index in [-0.39, 0.29) is 0 Å². The summed E-state index contributed by atoms with van der Waals surface area (Å²) in [6.07, 6.45) is 7.27. The van der Waals surface area contributed by atoms with E-state index in [1.165, 1.54) is 61.9 Å². The summed E-state index contributed by atoms with van der Waals surface area (Å²) in [4.78, 5) is 2.45. The minimum Gasteiger partial charge on any atom is -0.463 e. The Bertz CT molecular complexity index is 1460. The molecule has 0 bridgehead atoms. The second-order valence-corrected chi connectivity index (χ2v) is 12.1. The van der Waals surface area contributed by atoms with Gasteiger partial charge in [0.15, 0.2) is 0 Å². The molecular formula is C23H18O2S4. The van der Waals surface area contributed by atoms with E-state index in [4.69, 9.17) is 8.83 Å². The van der Waals surface area contributed by atoms with Crippen LogP contribution in [0.3, 0.4) is 0 Å². The van der Waals surface area contributed by atoms with Crippen molar-refractivity contribution in [2.75, 3.05) is 0 Å². The lowest BCUT2D eigenvalue weighted by Gasteiger charge is -1.90. The summed E-state index contributed by atoms with van der Waals surface area (Å²) in [7, 11) is 0. The molecule has 0 saturated carbocycles. The average Bonchev–Trinajstić information content (AvgIpc) is 3.49. The summed E-state index contributed by atoms with van der Waals surface area (Å²) in [5.41, 5.74) is 2.47. The lowest BCUT2D eigenvalue weighted by atomic mass is 10.1. The summed E-state index contributed by atoms with van der Waals surface area (Å²) < 4.78 is 17.2. The molecule has 0 radical (unpaired) electrons. The molecule has 0 amide bonds. The standard InChI is InChI=1S/C23H18O2S4/c1-3-4-5-13-7-17(25-11-13)19-9-15-21-20(29-23(15)27-19)14-8-18(26-22(14)28-21)16-6-12(2)10-24-16/h6-11H,3-5H2,1-2H3. The number of aryl methyl sites for hydroxylation is 2. The third-order valence-corrected chi connectivity index (χ3v) is 10.3. The van der Waals surface area contributed by atoms with E-state index < -0.39 is 0 Å². The molecule has 0 aliphatic heterocycles. The SMILES string of the molecule is CCCCc1coc(-c2cc3c(s2)sc2c4cc(-c5cc(C)co5)sc4sc32)c1. The largest absolute Gasteiger partial charge is 0.463 e. The highest BCUT2D eigenvalue weighted by molar-refractivity contribution is 7.50. The van der Waals surface area contributed by atoms with Crippen molar-refractivity contribution in [3.63, 3.8) is 0 Å². The zero-order valence-electron chi connectivity index (χ0n) is 16.0. The normalized spacial score (nSPS) is 12.2. The molecule has 146 valence electrons. The third-order valence-electron chi connectivity index (χ3n) is 5.17. The number of hydrogen-bond donors (Lipinski definition) is 0. The van der Waals surface area contributed by atoms with Gasteiger partial charge in [0.2, 0.25) is 0 Å². The van der Waals surface area contributed by atoms with Crippen molar-refractivity contribution in [1.29, 1.82) is 0 Å². The summed E-state index contributed by atoms with van der Waals surface area (Å²) in [6.45, 7) is 4.29. The highest BCUT2D eigenvalue weighted by Gasteiger charge is 2.19. The van der Waals surface area contributed by atoms with Crippen molar-refractivity contribution in [1.82, 2.24) is 0 Å². The predicted molar refractivity (Wildman–Crippen MR) is 129 cm³/mol. The molecule has 6 rings (SSSR count). The zero-order valence-corrected chi connectivity index (χ0v) is 19.3. The fourth-order valence-corrected chi connectivity index (χ4v) is 9.12. The molecule has 29 heavy (non-hydrogen) atoms. The number of unbranched alkanes of at least 4 members (excludes halogenated alkanes) is 1. The first-order valence-corrected chi connectivity index (χ1v) is 13.0. The van der Waals surface area contributed by atoms with Gasteiger partial charge in [-0.1, -0.05) is 13.3 Å². The number of fused-ring (bicyclic) bond motifs is 5. The maximum Gasteiger partial charge on any atom is 0.144 e. The molecule has 0 atom stereocenters. The Hall–Kier alpha value is -1.86. The Balaban J connectivity index is 1.41. The lowest BCUT2D eigenvalue weighted by Crippen LogP contribution is -1.78. The first kappa shape index (κ1) is 18.0. The van der Waals surface area contributed by atoms with Gasteiger partial charge in [-0.25, -0.2) is 0 Å². The molecule has 2 nitrogen and oxygen atoms in total. The fraction of sp³-hybridized carbons (Fsp3) is 0.217. The van der Waals surface area contributed by atoms with Gasteiger partial charge >= 0.3 is 0 Å². The van der Waals surface area contributed by atoms with Crippen molar-refractivity contribution >= 4 is 73.5 Å². The van der Waals surface area contributed by atoms with E-state index in [0.29, 0.717) is 0 Å². The molecule has 0 fully saturated rings. The fourth-order valence-electron chi connectivity index (χ4n) is 3.67. The van der Waals surface area contributed by atoms with E-state index in [2.05, 4.69) is 38.1 Å². The van der Waals surface area contributed by atoms with Gasteiger partial charge in [-0.15, -0.1) is 45.3 Å². The third kappa shape index (κ3) is 2.93. The predicted octanol–water partition coefficient (Wildman–Crippen LogP) is 9.56. The molecular weight excluding hydrogens is 437 g/mol. The van der Waals surface area contributed by atoms with Crippen molar-refractivity contribution in [2.45, 2.75) is 33.1 Å². The maximum atomic E-state index is 5.88. The summed E-state index contributed by atoms with van der Waals surface area (Å²) in [6, 6.07) is 8.94. The van der Waals surface area contributed by atoms with Crippen molar-refractivity contribution in [2.24, 2.45) is 0 Å². The molecule has 0 saturated heterocycles. The minimum absolute atomic E-state index is 0.974. The molecule has 0 N–H and O–H groups in total. The first-order chi connectivity index (χ1) is 14.2. The van der Waals surface area contributed by atoms with Gasteiger partial charge in [-0.3, -0.25) is 0 Å². The van der Waals surface area contributed by atoms with Crippen LogP contribution in [0.15, 0.2) is 45.6 Å². The van der Waals surface area contributed by atoms with Crippen LogP contribution in [0, 0.1) is 6.92 Å². The number of thiophene rings is 4. The first-order valence-electron chi connectivity index (χ1n) is 9.71. The lowest BCUT2D eigenvalue weighted by molar-refractivity contribution is 0.578. The number of hydrogen-bond acceptors (Lipinski definition) is 6. The van der Waals surface area contributed by atoms with Gasteiger partial charge < -0.3 is 8.83 Å². The monoisotopic (exact) mass is 454 g/mol. The number of rotatable bonds is 5. The van der Waals surface area contributed by atoms with E-state index >= 15 is 0 Å². The molecule has 0 spiro atoms. The zero-order chi connectivity index (χ0) is 19.5. The average molecular weight is 455 g/mol. The van der Waals surface area contributed by atoms with E-state index in [1.807, 2.05) is 57.9 Å². The maximum absolute atomic E-state index is 5.88. The van der Waals surface area contributed by atoms with E-state index in [1.54, 1.807) is 0 Å². The molecule has 6 heteroatoms. The van der Waals surface area contributed by atoms with Crippen LogP contribution in [-0.4, -0.2) is 0 Å². The van der Waals surface area contributed by atoms with Crippen LogP contribution in [0.4, 0.5) is 0 Å². The molecule has 0 aliphatic carbocycles. The van der Waals surface area contributed by atoms with Crippen LogP contribution in [0.1, 0.15) is 30.9 Å². The smallest absolute Gasteiger partial charge is 0.144 e. The summed E-state index contributed by atoms with van der Waals surface area (Å²) in [5, 5.41) is 2.74. The van der Waals surface area contributed by atoms with Crippen LogP contribution < -0.4 is 0 Å². The van der Waals surface area contributed by atoms with Gasteiger partial charge in [0.25, 0.3) is 0 Å². The van der Waals surface area contributed by atoms with Crippen LogP contribution in [0.25, 0.3) is 49.5 Å². The van der Waals surface area contributed by atoms with Crippen LogP contribution in [0.2, 0.25) is 0 Å². The highest BCUT2D eigenvalue weighted by atomic mass is 32.2. The molecule has 6 heterocycles. The van der Waals surface area contributed by atoms with E-state index in [9.17, 15) is 0 Å². The van der Waals surface area contributed by atoms with Gasteiger partial charge in [0.1, 0.15) is 11.5 Å². The molecule has 0 aliphatic rings. The second kappa shape index (κ2) is 6.84. The van der Waals surface area contributed by atoms with Crippen LogP contribution in [-0.2, 0) is 6.42 Å². The van der Waals surface area contributed by atoms with Gasteiger partial charge in [-0.05, 0) is 55.2 Å². The van der Waals surface area contributed by atoms with Gasteiger partial charge in [-0.2, -0.15) is 0 Å². The van der Waals surface area contributed by atoms with Crippen LogP contribution >= 0.6 is 45.3 Å². The Labute approximate surface area is 184 Å². The van der Waals surface area contributed by atoms with E-state index in [0.717, 1.165) is 17.9 Å². The Morgan fingerprint density at radius 2 is 1.38 bits per heavy atom. The van der Waals surface area contributed by atoms with Crippen molar-refractivity contribution in [3.8, 4) is 21.3 Å². The quantitative estimate of drug-likeness (QED) is 0.259. The van der Waals surface area contributed by atoms with Crippen molar-refractivity contribution in [3.05, 3.63) is 47.9 Å². The number of furan rings is 2. The minimum atomic E-state index is 0.974. The van der Waals surface area contributed by atoms with Gasteiger partial charge in [0.05, 0.1) is 39.7 Å². The molecule has 0 unspecified atom stereocenters. The summed E-state index contributed by atoms with van der Waals surface area (Å²) in [5.74, 6) is 1.98. The Kier molecular flexibility index (Phi) is 4.24. The van der Waals surface area contributed by atoms with Gasteiger partial charge in [0, 0.05) is 10.8 Å². The molecule has 0 aromatic carbocycles. The summed E-state index contributed by atoms with van der Waals surface area (Å²) >= 11 is 7.50. The van der Waals surface area contributed by atoms with Crippen LogP contribution in [0.5, 0.6) is 0 Å². The highest BCUT2D eigenvalue weighted by Crippen LogP contribution is 2.51. The molecule has 6 aromatic rings.